The van der Waals surface area contributed by atoms with E-state index in [4.69, 9.17) is 9.94 Å². The summed E-state index contributed by atoms with van der Waals surface area (Å²) in [6.45, 7) is 7.47. The molecule has 0 aliphatic rings. The molecule has 0 aromatic carbocycles. The van der Waals surface area contributed by atoms with E-state index in [0.717, 1.165) is 5.06 Å². The molecule has 0 rings (SSSR count). The molecule has 1 N–H and O–H groups in total. The minimum Gasteiger partial charge on any atom is -0.459 e. The van der Waals surface area contributed by atoms with Crippen LogP contribution >= 0.6 is 0 Å². The van der Waals surface area contributed by atoms with Gasteiger partial charge in [0.25, 0.3) is 0 Å². The number of rotatable bonds is 3. The lowest BCUT2D eigenvalue weighted by Crippen LogP contribution is -2.32. The van der Waals surface area contributed by atoms with Crippen molar-refractivity contribution in [2.45, 2.75) is 33.3 Å². The van der Waals surface area contributed by atoms with Crippen LogP contribution in [0.2, 0.25) is 0 Å². The maximum atomic E-state index is 11.0. The predicted octanol–water partition coefficient (Wildman–Crippen LogP) is 1.04. The molecule has 0 spiro atoms. The van der Waals surface area contributed by atoms with Gasteiger partial charge in [-0.25, -0.2) is 0 Å². The first-order valence-electron chi connectivity index (χ1n) is 4.01. The molecule has 0 aromatic rings. The highest BCUT2D eigenvalue weighted by atomic mass is 16.6. The molecule has 0 aliphatic carbocycles. The predicted molar refractivity (Wildman–Crippen MR) is 44.9 cm³/mol. The molecule has 72 valence electrons. The summed E-state index contributed by atoms with van der Waals surface area (Å²) in [5.41, 5.74) is -0.480. The van der Waals surface area contributed by atoms with Crippen LogP contribution in [0.3, 0.4) is 0 Å². The van der Waals surface area contributed by atoms with Crippen LogP contribution in [-0.4, -0.2) is 34.9 Å². The number of carbonyl (C=O) groups is 1. The standard InChI is InChI=1S/C8H17NO3/c1-5-9(11)6-7(10)12-8(2,3)4/h11H,5-6H2,1-4H3. The minimum atomic E-state index is -0.480. The van der Waals surface area contributed by atoms with Gasteiger partial charge in [-0.15, -0.1) is 0 Å². The Morgan fingerprint density at radius 1 is 1.50 bits per heavy atom. The van der Waals surface area contributed by atoms with Crippen LogP contribution in [0.4, 0.5) is 0 Å². The lowest BCUT2D eigenvalue weighted by molar-refractivity contribution is -0.168. The van der Waals surface area contributed by atoms with Gasteiger partial charge in [0, 0.05) is 6.54 Å². The molecule has 0 heterocycles. The largest absolute Gasteiger partial charge is 0.459 e. The zero-order valence-corrected chi connectivity index (χ0v) is 8.13. The SMILES string of the molecule is CCN(O)CC(=O)OC(C)(C)C. The van der Waals surface area contributed by atoms with Gasteiger partial charge < -0.3 is 9.94 Å². The van der Waals surface area contributed by atoms with Crippen molar-refractivity contribution in [1.29, 1.82) is 0 Å². The molecule has 0 atom stereocenters. The van der Waals surface area contributed by atoms with E-state index in [9.17, 15) is 4.79 Å². The van der Waals surface area contributed by atoms with E-state index < -0.39 is 11.6 Å². The van der Waals surface area contributed by atoms with E-state index in [2.05, 4.69) is 0 Å². The minimum absolute atomic E-state index is 0.0756. The molecule has 4 heteroatoms. The lowest BCUT2D eigenvalue weighted by atomic mass is 10.2. The summed E-state index contributed by atoms with van der Waals surface area (Å²) in [5.74, 6) is -0.410. The Balaban J connectivity index is 3.75. The zero-order chi connectivity index (χ0) is 9.78. The molecular formula is C8H17NO3. The highest BCUT2D eigenvalue weighted by molar-refractivity contribution is 5.71. The highest BCUT2D eigenvalue weighted by Crippen LogP contribution is 2.06. The first kappa shape index (κ1) is 11.4. The van der Waals surface area contributed by atoms with Gasteiger partial charge in [-0.2, -0.15) is 5.06 Å². The Bertz CT molecular complexity index is 151. The lowest BCUT2D eigenvalue weighted by Gasteiger charge is -2.20. The number of esters is 1. The zero-order valence-electron chi connectivity index (χ0n) is 8.13. The molecule has 0 aliphatic heterocycles. The second-order valence-corrected chi connectivity index (χ2v) is 3.57. The van der Waals surface area contributed by atoms with Crippen LogP contribution in [0.15, 0.2) is 0 Å². The molecular weight excluding hydrogens is 158 g/mol. The average Bonchev–Trinajstić information content (AvgIpc) is 1.82. The summed E-state index contributed by atoms with van der Waals surface area (Å²) in [4.78, 5) is 11.0. The number of carbonyl (C=O) groups excluding carboxylic acids is 1. The van der Waals surface area contributed by atoms with Crippen LogP contribution in [0, 0.1) is 0 Å². The molecule has 0 fully saturated rings. The second-order valence-electron chi connectivity index (χ2n) is 3.57. The van der Waals surface area contributed by atoms with Crippen LogP contribution in [0.1, 0.15) is 27.7 Å². The molecule has 0 bridgehead atoms. The molecule has 12 heavy (non-hydrogen) atoms. The molecule has 0 saturated heterocycles. The monoisotopic (exact) mass is 175 g/mol. The fourth-order valence-electron chi connectivity index (χ4n) is 0.635. The third kappa shape index (κ3) is 6.12. The molecule has 0 unspecified atom stereocenters. The van der Waals surface area contributed by atoms with Crippen molar-refractivity contribution in [3.63, 3.8) is 0 Å². The van der Waals surface area contributed by atoms with Gasteiger partial charge in [-0.1, -0.05) is 6.92 Å². The van der Waals surface area contributed by atoms with E-state index in [1.54, 1.807) is 27.7 Å². The molecule has 0 aromatic heterocycles. The van der Waals surface area contributed by atoms with Crippen molar-refractivity contribution in [2.75, 3.05) is 13.1 Å². The van der Waals surface area contributed by atoms with Crippen LogP contribution in [0.25, 0.3) is 0 Å². The van der Waals surface area contributed by atoms with Crippen molar-refractivity contribution in [3.05, 3.63) is 0 Å². The first-order valence-corrected chi connectivity index (χ1v) is 4.01. The Labute approximate surface area is 73.1 Å². The number of likely N-dealkylation sites (N-methyl/N-ethyl adjacent to an activating group) is 1. The third-order valence-corrected chi connectivity index (χ3v) is 1.10. The number of hydrogen-bond acceptors (Lipinski definition) is 4. The first-order chi connectivity index (χ1) is 5.35. The summed E-state index contributed by atoms with van der Waals surface area (Å²) in [6.07, 6.45) is 0. The van der Waals surface area contributed by atoms with E-state index >= 15 is 0 Å². The van der Waals surface area contributed by atoms with Crippen molar-refractivity contribution < 1.29 is 14.7 Å². The summed E-state index contributed by atoms with van der Waals surface area (Å²) in [7, 11) is 0. The fourth-order valence-corrected chi connectivity index (χ4v) is 0.635. The van der Waals surface area contributed by atoms with E-state index in [-0.39, 0.29) is 6.54 Å². The summed E-state index contributed by atoms with van der Waals surface area (Å²) >= 11 is 0. The summed E-state index contributed by atoms with van der Waals surface area (Å²) in [6, 6.07) is 0. The summed E-state index contributed by atoms with van der Waals surface area (Å²) < 4.78 is 4.97. The number of hydrogen-bond donors (Lipinski definition) is 1. The normalized spacial score (nSPS) is 11.8. The van der Waals surface area contributed by atoms with Gasteiger partial charge in [0.05, 0.1) is 0 Å². The van der Waals surface area contributed by atoms with E-state index in [1.165, 1.54) is 0 Å². The maximum absolute atomic E-state index is 11.0. The van der Waals surface area contributed by atoms with Gasteiger partial charge >= 0.3 is 5.97 Å². The van der Waals surface area contributed by atoms with Gasteiger partial charge in [0.1, 0.15) is 12.1 Å². The Morgan fingerprint density at radius 2 is 2.00 bits per heavy atom. The number of hydroxylamine groups is 2. The average molecular weight is 175 g/mol. The fraction of sp³-hybridized carbons (Fsp3) is 0.875. The van der Waals surface area contributed by atoms with Crippen LogP contribution in [-0.2, 0) is 9.53 Å². The molecule has 0 radical (unpaired) electrons. The van der Waals surface area contributed by atoms with Crippen LogP contribution < -0.4 is 0 Å². The number of nitrogens with zero attached hydrogens (tertiary/aromatic N) is 1. The highest BCUT2D eigenvalue weighted by Gasteiger charge is 2.17. The molecule has 0 amide bonds. The quantitative estimate of drug-likeness (QED) is 0.514. The van der Waals surface area contributed by atoms with Gasteiger partial charge in [-0.3, -0.25) is 4.79 Å². The number of ether oxygens (including phenoxy) is 1. The Hall–Kier alpha value is -0.610. The smallest absolute Gasteiger partial charge is 0.323 e. The Kier molecular flexibility index (Phi) is 4.20. The topological polar surface area (TPSA) is 49.8 Å². The van der Waals surface area contributed by atoms with E-state index in [0.29, 0.717) is 6.54 Å². The summed E-state index contributed by atoms with van der Waals surface area (Å²) in [5, 5.41) is 9.87. The van der Waals surface area contributed by atoms with Crippen molar-refractivity contribution in [2.24, 2.45) is 0 Å². The molecule has 0 saturated carbocycles. The molecule has 4 nitrogen and oxygen atoms in total. The Morgan fingerprint density at radius 3 is 2.33 bits per heavy atom. The second kappa shape index (κ2) is 4.42. The van der Waals surface area contributed by atoms with Crippen molar-refractivity contribution in [3.8, 4) is 0 Å². The van der Waals surface area contributed by atoms with Crippen molar-refractivity contribution in [1.82, 2.24) is 5.06 Å². The van der Waals surface area contributed by atoms with Gasteiger partial charge in [0.15, 0.2) is 0 Å². The van der Waals surface area contributed by atoms with E-state index in [1.807, 2.05) is 0 Å². The van der Waals surface area contributed by atoms with Gasteiger partial charge in [-0.05, 0) is 20.8 Å². The third-order valence-electron chi connectivity index (χ3n) is 1.10. The van der Waals surface area contributed by atoms with Crippen LogP contribution in [0.5, 0.6) is 0 Å². The van der Waals surface area contributed by atoms with Crippen molar-refractivity contribution >= 4 is 5.97 Å². The van der Waals surface area contributed by atoms with Gasteiger partial charge in [0.2, 0.25) is 0 Å². The maximum Gasteiger partial charge on any atom is 0.323 e.